The van der Waals surface area contributed by atoms with Gasteiger partial charge in [-0.25, -0.2) is 4.99 Å². The second-order valence-electron chi connectivity index (χ2n) is 4.36. The van der Waals surface area contributed by atoms with E-state index in [1.165, 1.54) is 0 Å². The summed E-state index contributed by atoms with van der Waals surface area (Å²) < 4.78 is 0. The van der Waals surface area contributed by atoms with E-state index >= 15 is 0 Å². The molecule has 4 N–H and O–H groups in total. The van der Waals surface area contributed by atoms with Crippen LogP contribution >= 0.6 is 0 Å². The molecule has 0 aliphatic rings. The van der Waals surface area contributed by atoms with Gasteiger partial charge in [-0.15, -0.1) is 0 Å². The fourth-order valence-corrected chi connectivity index (χ4v) is 1.69. The Hall–Kier alpha value is -2.49. The first-order valence-electron chi connectivity index (χ1n) is 6.05. The Kier molecular flexibility index (Phi) is 4.03. The number of hydrogen-bond acceptors (Lipinski definition) is 2. The molecule has 2 aromatic carbocycles. The molecule has 0 aromatic heterocycles. The molecule has 0 aliphatic carbocycles. The van der Waals surface area contributed by atoms with E-state index < -0.39 is 0 Å². The van der Waals surface area contributed by atoms with Crippen molar-refractivity contribution in [1.82, 2.24) is 0 Å². The summed E-state index contributed by atoms with van der Waals surface area (Å²) in [5, 5.41) is 12.2. The molecule has 0 spiro atoms. The summed E-state index contributed by atoms with van der Waals surface area (Å²) >= 11 is 0. The molecule has 19 heavy (non-hydrogen) atoms. The number of aromatic hydroxyl groups is 1. The van der Waals surface area contributed by atoms with Crippen LogP contribution in [-0.2, 0) is 6.54 Å². The van der Waals surface area contributed by atoms with E-state index in [4.69, 9.17) is 5.73 Å². The van der Waals surface area contributed by atoms with Crippen LogP contribution in [0.2, 0.25) is 0 Å². The van der Waals surface area contributed by atoms with E-state index in [1.54, 1.807) is 12.1 Å². The van der Waals surface area contributed by atoms with Gasteiger partial charge < -0.3 is 16.2 Å². The van der Waals surface area contributed by atoms with Gasteiger partial charge in [0.2, 0.25) is 0 Å². The van der Waals surface area contributed by atoms with Gasteiger partial charge in [0.25, 0.3) is 0 Å². The second-order valence-corrected chi connectivity index (χ2v) is 4.36. The van der Waals surface area contributed by atoms with Gasteiger partial charge in [-0.2, -0.15) is 0 Å². The molecule has 0 amide bonds. The highest BCUT2D eigenvalue weighted by Crippen LogP contribution is 2.11. The van der Waals surface area contributed by atoms with E-state index in [2.05, 4.69) is 10.3 Å². The second kappa shape index (κ2) is 5.91. The molecule has 0 saturated heterocycles. The summed E-state index contributed by atoms with van der Waals surface area (Å²) in [6, 6.07) is 14.8. The van der Waals surface area contributed by atoms with Crippen LogP contribution in [-0.4, -0.2) is 11.1 Å². The lowest BCUT2D eigenvalue weighted by Gasteiger charge is -2.06. The molecule has 98 valence electrons. The lowest BCUT2D eigenvalue weighted by atomic mass is 10.2. The number of phenolic OH excluding ortho intramolecular Hbond substituents is 1. The van der Waals surface area contributed by atoms with Gasteiger partial charge in [0.15, 0.2) is 5.96 Å². The fourth-order valence-electron chi connectivity index (χ4n) is 1.69. The largest absolute Gasteiger partial charge is 0.508 e. The van der Waals surface area contributed by atoms with Crippen molar-refractivity contribution in [2.45, 2.75) is 13.5 Å². The zero-order valence-electron chi connectivity index (χ0n) is 10.8. The monoisotopic (exact) mass is 255 g/mol. The van der Waals surface area contributed by atoms with Crippen LogP contribution in [0.1, 0.15) is 11.1 Å². The van der Waals surface area contributed by atoms with Crippen LogP contribution in [0.5, 0.6) is 5.75 Å². The van der Waals surface area contributed by atoms with Crippen LogP contribution in [0.4, 0.5) is 5.69 Å². The average Bonchev–Trinajstić information content (AvgIpc) is 2.38. The van der Waals surface area contributed by atoms with Gasteiger partial charge in [-0.3, -0.25) is 0 Å². The lowest BCUT2D eigenvalue weighted by molar-refractivity contribution is 0.475. The number of nitrogens with one attached hydrogen (secondary N) is 1. The molecule has 0 atom stereocenters. The van der Waals surface area contributed by atoms with Crippen molar-refractivity contribution in [3.63, 3.8) is 0 Å². The SMILES string of the molecule is Cc1cccc(NC(N)=NCc2ccc(O)cc2)c1. The quantitative estimate of drug-likeness (QED) is 0.583. The summed E-state index contributed by atoms with van der Waals surface area (Å²) in [4.78, 5) is 4.25. The Balaban J connectivity index is 1.97. The maximum Gasteiger partial charge on any atom is 0.193 e. The minimum absolute atomic E-state index is 0.249. The third-order valence-electron chi connectivity index (χ3n) is 2.66. The molecule has 0 radical (unpaired) electrons. The molecule has 0 heterocycles. The molecule has 2 aromatic rings. The molecule has 0 saturated carbocycles. The van der Waals surface area contributed by atoms with E-state index in [1.807, 2.05) is 43.3 Å². The average molecular weight is 255 g/mol. The standard InChI is InChI=1S/C15H17N3O/c1-11-3-2-4-13(9-11)18-15(16)17-10-12-5-7-14(19)8-6-12/h2-9,19H,10H2,1H3,(H3,16,17,18). The molecule has 4 nitrogen and oxygen atoms in total. The minimum Gasteiger partial charge on any atom is -0.508 e. The Morgan fingerprint density at radius 3 is 2.63 bits per heavy atom. The molecular formula is C15H17N3O. The molecule has 4 heteroatoms. The van der Waals surface area contributed by atoms with Crippen molar-refractivity contribution in [2.75, 3.05) is 5.32 Å². The predicted octanol–water partition coefficient (Wildman–Crippen LogP) is 2.63. The van der Waals surface area contributed by atoms with Crippen molar-refractivity contribution >= 4 is 11.6 Å². The number of rotatable bonds is 3. The molecule has 0 unspecified atom stereocenters. The number of benzene rings is 2. The third-order valence-corrected chi connectivity index (χ3v) is 2.66. The smallest absolute Gasteiger partial charge is 0.193 e. The van der Waals surface area contributed by atoms with E-state index in [9.17, 15) is 5.11 Å². The number of nitrogens with two attached hydrogens (primary N) is 1. The molecule has 0 aliphatic heterocycles. The Labute approximate surface area is 112 Å². The number of hydrogen-bond donors (Lipinski definition) is 3. The number of anilines is 1. The van der Waals surface area contributed by atoms with Gasteiger partial charge in [0, 0.05) is 5.69 Å². The summed E-state index contributed by atoms with van der Waals surface area (Å²) in [5.41, 5.74) is 8.90. The van der Waals surface area contributed by atoms with Crippen LogP contribution in [0, 0.1) is 6.92 Å². The zero-order chi connectivity index (χ0) is 13.7. The zero-order valence-corrected chi connectivity index (χ0v) is 10.8. The third kappa shape index (κ3) is 4.03. The molecular weight excluding hydrogens is 238 g/mol. The van der Waals surface area contributed by atoms with Crippen molar-refractivity contribution in [1.29, 1.82) is 0 Å². The Morgan fingerprint density at radius 2 is 1.95 bits per heavy atom. The maximum absolute atomic E-state index is 9.18. The van der Waals surface area contributed by atoms with Gasteiger partial charge in [0.05, 0.1) is 6.54 Å². The Morgan fingerprint density at radius 1 is 1.21 bits per heavy atom. The lowest BCUT2D eigenvalue weighted by Crippen LogP contribution is -2.22. The van der Waals surface area contributed by atoms with E-state index in [0.29, 0.717) is 12.5 Å². The van der Waals surface area contributed by atoms with E-state index in [-0.39, 0.29) is 5.75 Å². The predicted molar refractivity (Wildman–Crippen MR) is 78.2 cm³/mol. The summed E-state index contributed by atoms with van der Waals surface area (Å²) in [6.45, 7) is 2.50. The number of aliphatic imine (C=N–C) groups is 1. The summed E-state index contributed by atoms with van der Waals surface area (Å²) in [5.74, 6) is 0.622. The highest BCUT2D eigenvalue weighted by molar-refractivity contribution is 5.92. The van der Waals surface area contributed by atoms with Crippen molar-refractivity contribution in [2.24, 2.45) is 10.7 Å². The van der Waals surface area contributed by atoms with E-state index in [0.717, 1.165) is 16.8 Å². The number of nitrogens with zero attached hydrogens (tertiary/aromatic N) is 1. The molecule has 0 fully saturated rings. The highest BCUT2D eigenvalue weighted by Gasteiger charge is 1.96. The first kappa shape index (κ1) is 13.0. The van der Waals surface area contributed by atoms with Gasteiger partial charge in [-0.1, -0.05) is 24.3 Å². The van der Waals surface area contributed by atoms with Crippen molar-refractivity contribution < 1.29 is 5.11 Å². The van der Waals surface area contributed by atoms with Crippen molar-refractivity contribution in [3.8, 4) is 5.75 Å². The summed E-state index contributed by atoms with van der Waals surface area (Å²) in [6.07, 6.45) is 0. The van der Waals surface area contributed by atoms with Crippen LogP contribution < -0.4 is 11.1 Å². The topological polar surface area (TPSA) is 70.6 Å². The Bertz CT molecular complexity index is 576. The first-order valence-corrected chi connectivity index (χ1v) is 6.05. The summed E-state index contributed by atoms with van der Waals surface area (Å²) in [7, 11) is 0. The minimum atomic E-state index is 0.249. The number of guanidine groups is 1. The number of aryl methyl sites for hydroxylation is 1. The normalized spacial score (nSPS) is 11.3. The first-order chi connectivity index (χ1) is 9.13. The molecule has 2 rings (SSSR count). The number of phenols is 1. The highest BCUT2D eigenvalue weighted by atomic mass is 16.3. The van der Waals surface area contributed by atoms with Gasteiger partial charge in [0.1, 0.15) is 5.75 Å². The van der Waals surface area contributed by atoms with Crippen LogP contribution in [0.25, 0.3) is 0 Å². The van der Waals surface area contributed by atoms with Crippen LogP contribution in [0.15, 0.2) is 53.5 Å². The van der Waals surface area contributed by atoms with Crippen molar-refractivity contribution in [3.05, 3.63) is 59.7 Å². The fraction of sp³-hybridized carbons (Fsp3) is 0.133. The van der Waals surface area contributed by atoms with Gasteiger partial charge in [-0.05, 0) is 42.3 Å². The van der Waals surface area contributed by atoms with Gasteiger partial charge >= 0.3 is 0 Å². The molecule has 0 bridgehead atoms. The maximum atomic E-state index is 9.18. The van der Waals surface area contributed by atoms with Crippen LogP contribution in [0.3, 0.4) is 0 Å².